The van der Waals surface area contributed by atoms with Crippen molar-refractivity contribution in [1.29, 1.82) is 0 Å². The smallest absolute Gasteiger partial charge is 0.130 e. The van der Waals surface area contributed by atoms with E-state index < -0.39 is 0 Å². The molecule has 0 radical (unpaired) electrons. The molecule has 0 saturated heterocycles. The van der Waals surface area contributed by atoms with Gasteiger partial charge >= 0.3 is 0 Å². The molecule has 4 nitrogen and oxygen atoms in total. The second-order valence-corrected chi connectivity index (χ2v) is 4.75. The molecule has 0 aliphatic carbocycles. The zero-order valence-corrected chi connectivity index (χ0v) is 12.1. The zero-order chi connectivity index (χ0) is 14.5. The van der Waals surface area contributed by atoms with E-state index in [0.717, 1.165) is 28.5 Å². The van der Waals surface area contributed by atoms with Crippen molar-refractivity contribution in [1.82, 2.24) is 4.98 Å². The summed E-state index contributed by atoms with van der Waals surface area (Å²) in [6, 6.07) is 11.5. The van der Waals surface area contributed by atoms with Gasteiger partial charge in [-0.25, -0.2) is 0 Å². The molecule has 2 N–H and O–H groups in total. The maximum absolute atomic E-state index is 5.94. The number of nitrogens with zero attached hydrogens (tertiary/aromatic N) is 1. The van der Waals surface area contributed by atoms with Gasteiger partial charge in [-0.05, 0) is 19.9 Å². The average Bonchev–Trinajstić information content (AvgIpc) is 2.44. The number of hydrogen-bond donors (Lipinski definition) is 1. The Morgan fingerprint density at radius 3 is 2.70 bits per heavy atom. The SMILES string of the molecule is COc1cc(C)nc(COc2ccccc2[C@@H](C)N)c1. The highest BCUT2D eigenvalue weighted by atomic mass is 16.5. The number of benzene rings is 1. The first-order valence-corrected chi connectivity index (χ1v) is 6.59. The molecule has 106 valence electrons. The minimum atomic E-state index is -0.0637. The fourth-order valence-electron chi connectivity index (χ4n) is 2.03. The van der Waals surface area contributed by atoms with Crippen LogP contribution in [-0.2, 0) is 6.61 Å². The Morgan fingerprint density at radius 1 is 1.25 bits per heavy atom. The monoisotopic (exact) mass is 272 g/mol. The molecule has 1 aromatic carbocycles. The lowest BCUT2D eigenvalue weighted by Crippen LogP contribution is -2.08. The van der Waals surface area contributed by atoms with Crippen molar-refractivity contribution in [3.05, 3.63) is 53.3 Å². The number of hydrogen-bond acceptors (Lipinski definition) is 4. The predicted molar refractivity (Wildman–Crippen MR) is 78.9 cm³/mol. The summed E-state index contributed by atoms with van der Waals surface area (Å²) in [5.74, 6) is 1.58. The molecule has 0 fully saturated rings. The van der Waals surface area contributed by atoms with Crippen LogP contribution in [0.2, 0.25) is 0 Å². The van der Waals surface area contributed by atoms with Gasteiger partial charge in [-0.15, -0.1) is 0 Å². The van der Waals surface area contributed by atoms with E-state index in [1.807, 2.05) is 50.2 Å². The van der Waals surface area contributed by atoms with Crippen LogP contribution in [0.4, 0.5) is 0 Å². The van der Waals surface area contributed by atoms with Crippen LogP contribution in [0.3, 0.4) is 0 Å². The molecule has 0 amide bonds. The van der Waals surface area contributed by atoms with Crippen molar-refractivity contribution in [3.8, 4) is 11.5 Å². The topological polar surface area (TPSA) is 57.4 Å². The molecule has 1 aromatic heterocycles. The second-order valence-electron chi connectivity index (χ2n) is 4.75. The Hall–Kier alpha value is -2.07. The van der Waals surface area contributed by atoms with Gasteiger partial charge in [-0.3, -0.25) is 4.98 Å². The Balaban J connectivity index is 2.15. The van der Waals surface area contributed by atoms with Crippen molar-refractivity contribution in [3.63, 3.8) is 0 Å². The third-order valence-corrected chi connectivity index (χ3v) is 3.00. The third-order valence-electron chi connectivity index (χ3n) is 3.00. The lowest BCUT2D eigenvalue weighted by atomic mass is 10.1. The number of ether oxygens (including phenoxy) is 2. The molecule has 4 heteroatoms. The summed E-state index contributed by atoms with van der Waals surface area (Å²) >= 11 is 0. The van der Waals surface area contributed by atoms with E-state index in [9.17, 15) is 0 Å². The molecular formula is C16H20N2O2. The van der Waals surface area contributed by atoms with Crippen molar-refractivity contribution >= 4 is 0 Å². The first-order chi connectivity index (χ1) is 9.60. The van der Waals surface area contributed by atoms with E-state index in [1.54, 1.807) is 7.11 Å². The van der Waals surface area contributed by atoms with Crippen LogP contribution >= 0.6 is 0 Å². The van der Waals surface area contributed by atoms with E-state index in [2.05, 4.69) is 4.98 Å². The quantitative estimate of drug-likeness (QED) is 0.909. The van der Waals surface area contributed by atoms with E-state index in [4.69, 9.17) is 15.2 Å². The fourth-order valence-corrected chi connectivity index (χ4v) is 2.03. The van der Waals surface area contributed by atoms with Crippen LogP contribution in [0.1, 0.15) is 29.9 Å². The first kappa shape index (κ1) is 14.3. The number of para-hydroxylation sites is 1. The second kappa shape index (κ2) is 6.39. The van der Waals surface area contributed by atoms with Gasteiger partial charge < -0.3 is 15.2 Å². The number of aromatic nitrogens is 1. The average molecular weight is 272 g/mol. The molecule has 0 bridgehead atoms. The van der Waals surface area contributed by atoms with Gasteiger partial charge in [0.2, 0.25) is 0 Å². The summed E-state index contributed by atoms with van der Waals surface area (Å²) in [4.78, 5) is 4.44. The largest absolute Gasteiger partial charge is 0.497 e. The molecule has 2 rings (SSSR count). The molecule has 0 unspecified atom stereocenters. The van der Waals surface area contributed by atoms with Crippen molar-refractivity contribution in [2.24, 2.45) is 5.73 Å². The van der Waals surface area contributed by atoms with Crippen LogP contribution in [-0.4, -0.2) is 12.1 Å². The molecule has 0 saturated carbocycles. The van der Waals surface area contributed by atoms with Gasteiger partial charge in [0, 0.05) is 29.4 Å². The van der Waals surface area contributed by atoms with Gasteiger partial charge in [-0.1, -0.05) is 18.2 Å². The van der Waals surface area contributed by atoms with Gasteiger partial charge in [-0.2, -0.15) is 0 Å². The summed E-state index contributed by atoms with van der Waals surface area (Å²) in [7, 11) is 1.64. The standard InChI is InChI=1S/C16H20N2O2/c1-11-8-14(19-3)9-13(18-11)10-20-16-7-5-4-6-15(16)12(2)17/h4-9,12H,10,17H2,1-3H3/t12-/m1/s1. The number of aryl methyl sites for hydroxylation is 1. The highest BCUT2D eigenvalue weighted by molar-refractivity contribution is 5.35. The minimum absolute atomic E-state index is 0.0637. The number of pyridine rings is 1. The van der Waals surface area contributed by atoms with E-state index in [1.165, 1.54) is 0 Å². The molecule has 0 spiro atoms. The van der Waals surface area contributed by atoms with Crippen molar-refractivity contribution in [2.45, 2.75) is 26.5 Å². The van der Waals surface area contributed by atoms with E-state index in [-0.39, 0.29) is 6.04 Å². The molecule has 1 atom stereocenters. The van der Waals surface area contributed by atoms with Gasteiger partial charge in [0.25, 0.3) is 0 Å². The van der Waals surface area contributed by atoms with Gasteiger partial charge in [0.05, 0.1) is 12.8 Å². The Bertz CT molecular complexity index is 582. The number of nitrogens with two attached hydrogens (primary N) is 1. The summed E-state index contributed by atoms with van der Waals surface area (Å²) in [6.45, 7) is 4.26. The van der Waals surface area contributed by atoms with E-state index in [0.29, 0.717) is 6.61 Å². The van der Waals surface area contributed by atoms with Crippen molar-refractivity contribution < 1.29 is 9.47 Å². The summed E-state index contributed by atoms with van der Waals surface area (Å²) < 4.78 is 11.1. The number of methoxy groups -OCH3 is 1. The predicted octanol–water partition coefficient (Wildman–Crippen LogP) is 3.00. The molecule has 1 heterocycles. The van der Waals surface area contributed by atoms with Crippen molar-refractivity contribution in [2.75, 3.05) is 7.11 Å². The molecule has 0 aliphatic rings. The number of rotatable bonds is 5. The lowest BCUT2D eigenvalue weighted by Gasteiger charge is -2.14. The minimum Gasteiger partial charge on any atom is -0.497 e. The zero-order valence-electron chi connectivity index (χ0n) is 12.1. The maximum Gasteiger partial charge on any atom is 0.130 e. The van der Waals surface area contributed by atoms with Gasteiger partial charge in [0.1, 0.15) is 18.1 Å². The van der Waals surface area contributed by atoms with Crippen LogP contribution in [0, 0.1) is 6.92 Å². The molecule has 0 aliphatic heterocycles. The maximum atomic E-state index is 5.94. The first-order valence-electron chi connectivity index (χ1n) is 6.59. The van der Waals surface area contributed by atoms with Crippen LogP contribution in [0.25, 0.3) is 0 Å². The Morgan fingerprint density at radius 2 is 2.00 bits per heavy atom. The molecule has 2 aromatic rings. The van der Waals surface area contributed by atoms with Crippen LogP contribution in [0.5, 0.6) is 11.5 Å². The highest BCUT2D eigenvalue weighted by Gasteiger charge is 2.08. The Labute approximate surface area is 119 Å². The van der Waals surface area contributed by atoms with Gasteiger partial charge in [0.15, 0.2) is 0 Å². The molecular weight excluding hydrogens is 252 g/mol. The Kier molecular flexibility index (Phi) is 4.58. The van der Waals surface area contributed by atoms with Crippen LogP contribution in [0.15, 0.2) is 36.4 Å². The highest BCUT2D eigenvalue weighted by Crippen LogP contribution is 2.24. The molecule has 20 heavy (non-hydrogen) atoms. The summed E-state index contributed by atoms with van der Waals surface area (Å²) in [5, 5.41) is 0. The third kappa shape index (κ3) is 3.48. The lowest BCUT2D eigenvalue weighted by molar-refractivity contribution is 0.295. The van der Waals surface area contributed by atoms with E-state index >= 15 is 0 Å². The fraction of sp³-hybridized carbons (Fsp3) is 0.312. The normalized spacial score (nSPS) is 12.0. The summed E-state index contributed by atoms with van der Waals surface area (Å²) in [5.41, 5.74) is 8.67. The summed E-state index contributed by atoms with van der Waals surface area (Å²) in [6.07, 6.45) is 0. The van der Waals surface area contributed by atoms with Crippen LogP contribution < -0.4 is 15.2 Å².